The number of phenols is 1. The van der Waals surface area contributed by atoms with Crippen LogP contribution in [0.2, 0.25) is 0 Å². The molecule has 1 fully saturated rings. The van der Waals surface area contributed by atoms with Crippen LogP contribution in [0.25, 0.3) is 0 Å². The lowest BCUT2D eigenvalue weighted by atomic mass is 10.2. The van der Waals surface area contributed by atoms with Crippen molar-refractivity contribution in [2.75, 3.05) is 31.1 Å². The molecular weight excluding hydrogens is 282 g/mol. The highest BCUT2D eigenvalue weighted by molar-refractivity contribution is 5.74. The molecule has 0 atom stereocenters. The van der Waals surface area contributed by atoms with Crippen LogP contribution in [0.5, 0.6) is 5.75 Å². The van der Waals surface area contributed by atoms with Gasteiger partial charge in [0.1, 0.15) is 11.5 Å². The largest absolute Gasteiger partial charge is 0.506 e. The number of piperazine rings is 1. The Bertz CT molecular complexity index is 619. The maximum Gasteiger partial charge on any atom is 0.317 e. The average Bonchev–Trinajstić information content (AvgIpc) is 3.07. The zero-order valence-electron chi connectivity index (χ0n) is 12.2. The van der Waals surface area contributed by atoms with Crippen molar-refractivity contribution < 1.29 is 14.3 Å². The number of carbonyl (C=O) groups is 1. The molecule has 0 bridgehead atoms. The second-order valence-electron chi connectivity index (χ2n) is 5.20. The molecule has 1 aromatic carbocycles. The molecule has 6 nitrogen and oxygen atoms in total. The van der Waals surface area contributed by atoms with Gasteiger partial charge in [0, 0.05) is 26.2 Å². The molecule has 0 unspecified atom stereocenters. The smallest absolute Gasteiger partial charge is 0.317 e. The topological polar surface area (TPSA) is 69.0 Å². The van der Waals surface area contributed by atoms with Crippen molar-refractivity contribution in [2.45, 2.75) is 6.54 Å². The second kappa shape index (κ2) is 6.43. The summed E-state index contributed by atoms with van der Waals surface area (Å²) in [6, 6.07) is 10.8. The first-order valence-corrected chi connectivity index (χ1v) is 7.32. The first kappa shape index (κ1) is 14.3. The molecule has 1 aromatic heterocycles. The van der Waals surface area contributed by atoms with E-state index in [2.05, 4.69) is 10.2 Å². The van der Waals surface area contributed by atoms with Crippen LogP contribution in [-0.4, -0.2) is 42.2 Å². The molecule has 2 amide bonds. The van der Waals surface area contributed by atoms with Gasteiger partial charge in [0.2, 0.25) is 0 Å². The van der Waals surface area contributed by atoms with Gasteiger partial charge in [-0.2, -0.15) is 0 Å². The van der Waals surface area contributed by atoms with E-state index in [9.17, 15) is 9.90 Å². The molecule has 6 heteroatoms. The Labute approximate surface area is 128 Å². The molecule has 116 valence electrons. The minimum Gasteiger partial charge on any atom is -0.506 e. The third-order valence-electron chi connectivity index (χ3n) is 3.78. The number of benzene rings is 1. The summed E-state index contributed by atoms with van der Waals surface area (Å²) in [7, 11) is 0. The Balaban J connectivity index is 1.51. The number of amides is 2. The molecule has 2 heterocycles. The van der Waals surface area contributed by atoms with Crippen LogP contribution in [0.15, 0.2) is 47.1 Å². The van der Waals surface area contributed by atoms with E-state index in [0.717, 1.165) is 11.4 Å². The van der Waals surface area contributed by atoms with E-state index in [-0.39, 0.29) is 11.8 Å². The highest BCUT2D eigenvalue weighted by atomic mass is 16.3. The second-order valence-corrected chi connectivity index (χ2v) is 5.20. The molecule has 0 aliphatic carbocycles. The van der Waals surface area contributed by atoms with Crippen LogP contribution in [-0.2, 0) is 6.54 Å². The molecule has 2 aromatic rings. The number of hydrogen-bond donors (Lipinski definition) is 2. The summed E-state index contributed by atoms with van der Waals surface area (Å²) in [5, 5.41) is 12.7. The van der Waals surface area contributed by atoms with Crippen molar-refractivity contribution in [3.05, 3.63) is 48.4 Å². The Morgan fingerprint density at radius 1 is 1.14 bits per heavy atom. The van der Waals surface area contributed by atoms with E-state index in [1.807, 2.05) is 18.2 Å². The molecule has 1 saturated heterocycles. The monoisotopic (exact) mass is 301 g/mol. The number of urea groups is 1. The van der Waals surface area contributed by atoms with Crippen molar-refractivity contribution >= 4 is 11.7 Å². The summed E-state index contributed by atoms with van der Waals surface area (Å²) in [6.07, 6.45) is 1.59. The van der Waals surface area contributed by atoms with E-state index in [4.69, 9.17) is 4.42 Å². The van der Waals surface area contributed by atoms with E-state index in [1.165, 1.54) is 0 Å². The Hall–Kier alpha value is -2.63. The van der Waals surface area contributed by atoms with Gasteiger partial charge in [-0.05, 0) is 24.3 Å². The highest BCUT2D eigenvalue weighted by Gasteiger charge is 2.22. The number of hydrogen-bond acceptors (Lipinski definition) is 4. The summed E-state index contributed by atoms with van der Waals surface area (Å²) in [4.78, 5) is 16.0. The Morgan fingerprint density at radius 2 is 1.91 bits per heavy atom. The zero-order chi connectivity index (χ0) is 15.4. The van der Waals surface area contributed by atoms with Gasteiger partial charge in [-0.3, -0.25) is 0 Å². The summed E-state index contributed by atoms with van der Waals surface area (Å²) < 4.78 is 5.19. The maximum atomic E-state index is 12.1. The molecular formula is C16H19N3O3. The number of rotatable bonds is 3. The molecule has 2 N–H and O–H groups in total. The molecule has 0 spiro atoms. The number of furan rings is 1. The molecule has 1 aliphatic rings. The van der Waals surface area contributed by atoms with Crippen LogP contribution >= 0.6 is 0 Å². The number of aromatic hydroxyl groups is 1. The van der Waals surface area contributed by atoms with Crippen LogP contribution in [0.3, 0.4) is 0 Å². The fourth-order valence-corrected chi connectivity index (χ4v) is 2.57. The Kier molecular flexibility index (Phi) is 4.18. The molecule has 22 heavy (non-hydrogen) atoms. The maximum absolute atomic E-state index is 12.1. The molecule has 1 aliphatic heterocycles. The van der Waals surface area contributed by atoms with E-state index in [0.29, 0.717) is 32.7 Å². The highest BCUT2D eigenvalue weighted by Crippen LogP contribution is 2.27. The van der Waals surface area contributed by atoms with Crippen molar-refractivity contribution in [3.63, 3.8) is 0 Å². The van der Waals surface area contributed by atoms with E-state index in [1.54, 1.807) is 29.4 Å². The van der Waals surface area contributed by atoms with E-state index < -0.39 is 0 Å². The minimum atomic E-state index is -0.0895. The summed E-state index contributed by atoms with van der Waals surface area (Å²) in [5.41, 5.74) is 0.818. The standard InChI is InChI=1S/C16H19N3O3/c20-15-6-2-1-5-14(15)18-7-9-19(10-8-18)16(21)17-12-13-4-3-11-22-13/h1-6,11,20H,7-10,12H2,(H,17,21). The van der Waals surface area contributed by atoms with Crippen molar-refractivity contribution in [1.29, 1.82) is 0 Å². The van der Waals surface area contributed by atoms with Gasteiger partial charge in [-0.15, -0.1) is 0 Å². The summed E-state index contributed by atoms with van der Waals surface area (Å²) in [6.45, 7) is 3.04. The number of phenolic OH excluding ortho intramolecular Hbond substituents is 1. The molecule has 0 radical (unpaired) electrons. The van der Waals surface area contributed by atoms with Gasteiger partial charge < -0.3 is 24.6 Å². The first-order valence-electron chi connectivity index (χ1n) is 7.32. The Morgan fingerprint density at radius 3 is 2.59 bits per heavy atom. The van der Waals surface area contributed by atoms with E-state index >= 15 is 0 Å². The van der Waals surface area contributed by atoms with Gasteiger partial charge in [0.25, 0.3) is 0 Å². The van der Waals surface area contributed by atoms with Crippen LogP contribution in [0.4, 0.5) is 10.5 Å². The number of nitrogens with one attached hydrogen (secondary N) is 1. The van der Waals surface area contributed by atoms with Crippen molar-refractivity contribution in [3.8, 4) is 5.75 Å². The average molecular weight is 301 g/mol. The first-order chi connectivity index (χ1) is 10.7. The predicted molar refractivity (Wildman–Crippen MR) is 82.8 cm³/mol. The lowest BCUT2D eigenvalue weighted by Gasteiger charge is -2.36. The normalized spacial score (nSPS) is 14.9. The fraction of sp³-hybridized carbons (Fsp3) is 0.312. The van der Waals surface area contributed by atoms with Gasteiger partial charge >= 0.3 is 6.03 Å². The predicted octanol–water partition coefficient (Wildman–Crippen LogP) is 2.02. The fourth-order valence-electron chi connectivity index (χ4n) is 2.57. The number of nitrogens with zero attached hydrogens (tertiary/aromatic N) is 2. The third kappa shape index (κ3) is 3.16. The lowest BCUT2D eigenvalue weighted by molar-refractivity contribution is 0.193. The van der Waals surface area contributed by atoms with Gasteiger partial charge in [-0.1, -0.05) is 12.1 Å². The molecule has 0 saturated carbocycles. The van der Waals surface area contributed by atoms with Crippen molar-refractivity contribution in [2.24, 2.45) is 0 Å². The lowest BCUT2D eigenvalue weighted by Crippen LogP contribution is -2.51. The summed E-state index contributed by atoms with van der Waals surface area (Å²) >= 11 is 0. The van der Waals surface area contributed by atoms with Gasteiger partial charge in [-0.25, -0.2) is 4.79 Å². The van der Waals surface area contributed by atoms with Crippen LogP contribution in [0, 0.1) is 0 Å². The van der Waals surface area contributed by atoms with Gasteiger partial charge in [0.05, 0.1) is 18.5 Å². The van der Waals surface area contributed by atoms with Gasteiger partial charge in [0.15, 0.2) is 0 Å². The van der Waals surface area contributed by atoms with Crippen LogP contribution in [0.1, 0.15) is 5.76 Å². The molecule has 3 rings (SSSR count). The number of para-hydroxylation sites is 2. The quantitative estimate of drug-likeness (QED) is 0.910. The zero-order valence-corrected chi connectivity index (χ0v) is 12.2. The SMILES string of the molecule is O=C(NCc1ccco1)N1CCN(c2ccccc2O)CC1. The number of anilines is 1. The van der Waals surface area contributed by atoms with Crippen LogP contribution < -0.4 is 10.2 Å². The minimum absolute atomic E-state index is 0.0895. The van der Waals surface area contributed by atoms with Crippen molar-refractivity contribution in [1.82, 2.24) is 10.2 Å². The number of carbonyl (C=O) groups excluding carboxylic acids is 1. The third-order valence-corrected chi connectivity index (χ3v) is 3.78. The summed E-state index contributed by atoms with van der Waals surface area (Å²) in [5.74, 6) is 1.01.